The molecule has 0 fully saturated rings. The number of hydrogen-bond acceptors (Lipinski definition) is 4. The number of carbonyl (C=O) groups is 1. The van der Waals surface area contributed by atoms with E-state index in [2.05, 4.69) is 5.16 Å². The summed E-state index contributed by atoms with van der Waals surface area (Å²) in [5.74, 6) is -1.12. The van der Waals surface area contributed by atoms with Gasteiger partial charge in [-0.1, -0.05) is 22.9 Å². The molecule has 2 aromatic rings. The van der Waals surface area contributed by atoms with Gasteiger partial charge in [0, 0.05) is 0 Å². The molecule has 1 aromatic carbocycles. The minimum absolute atomic E-state index is 0.0300. The number of aromatic carboxylic acids is 1. The lowest BCUT2D eigenvalue weighted by atomic mass is 9.93. The fraction of sp³-hybridized carbons (Fsp3) is 0.231. The monoisotopic (exact) mass is 246 g/mol. The fourth-order valence-corrected chi connectivity index (χ4v) is 2.26. The van der Waals surface area contributed by atoms with Crippen molar-refractivity contribution in [3.8, 4) is 11.1 Å². The maximum Gasteiger partial charge on any atom is 0.358 e. The van der Waals surface area contributed by atoms with E-state index in [9.17, 15) is 4.79 Å². The zero-order valence-corrected chi connectivity index (χ0v) is 10.4. The van der Waals surface area contributed by atoms with E-state index >= 15 is 0 Å². The topological polar surface area (TPSA) is 89.3 Å². The molecule has 94 valence electrons. The first-order valence-corrected chi connectivity index (χ1v) is 5.48. The molecule has 2 rings (SSSR count). The standard InChI is InChI=1S/C13H14N2O3/c1-6-4-7(2)9(8(3)5-6)10-11(13(16)17)15-18-12(10)14/h4-5H,14H2,1-3H3,(H,16,17). The van der Waals surface area contributed by atoms with Crippen LogP contribution in [0.25, 0.3) is 11.1 Å². The molecule has 0 atom stereocenters. The normalized spacial score (nSPS) is 10.6. The van der Waals surface area contributed by atoms with E-state index in [1.807, 2.05) is 32.9 Å². The van der Waals surface area contributed by atoms with Crippen molar-refractivity contribution in [2.75, 3.05) is 5.73 Å². The summed E-state index contributed by atoms with van der Waals surface area (Å²) in [4.78, 5) is 11.1. The third-order valence-corrected chi connectivity index (χ3v) is 2.85. The number of carboxylic acid groups (broad SMARTS) is 1. The lowest BCUT2D eigenvalue weighted by Gasteiger charge is -2.10. The summed E-state index contributed by atoms with van der Waals surface area (Å²) >= 11 is 0. The van der Waals surface area contributed by atoms with Gasteiger partial charge in [-0.05, 0) is 37.5 Å². The predicted octanol–water partition coefficient (Wildman–Crippen LogP) is 2.55. The van der Waals surface area contributed by atoms with E-state index in [1.165, 1.54) is 0 Å². The lowest BCUT2D eigenvalue weighted by molar-refractivity contribution is 0.0686. The summed E-state index contributed by atoms with van der Waals surface area (Å²) < 4.78 is 4.80. The van der Waals surface area contributed by atoms with Crippen molar-refractivity contribution in [3.63, 3.8) is 0 Å². The summed E-state index contributed by atoms with van der Waals surface area (Å²) in [6, 6.07) is 3.95. The number of aromatic nitrogens is 1. The zero-order chi connectivity index (χ0) is 13.4. The van der Waals surface area contributed by atoms with Crippen molar-refractivity contribution in [2.24, 2.45) is 0 Å². The largest absolute Gasteiger partial charge is 0.476 e. The van der Waals surface area contributed by atoms with Gasteiger partial charge in [-0.25, -0.2) is 4.79 Å². The molecule has 3 N–H and O–H groups in total. The average molecular weight is 246 g/mol. The summed E-state index contributed by atoms with van der Waals surface area (Å²) in [6.45, 7) is 5.81. The quantitative estimate of drug-likeness (QED) is 0.849. The van der Waals surface area contributed by atoms with Crippen LogP contribution in [0, 0.1) is 20.8 Å². The van der Waals surface area contributed by atoms with E-state index < -0.39 is 5.97 Å². The zero-order valence-electron chi connectivity index (χ0n) is 10.4. The number of anilines is 1. The van der Waals surface area contributed by atoms with Crippen LogP contribution in [0.1, 0.15) is 27.2 Å². The molecule has 0 spiro atoms. The molecule has 0 aliphatic carbocycles. The maximum absolute atomic E-state index is 11.1. The predicted molar refractivity (Wildman–Crippen MR) is 67.5 cm³/mol. The van der Waals surface area contributed by atoms with E-state index in [0.717, 1.165) is 22.3 Å². The Labute approximate surface area is 104 Å². The number of nitrogen functional groups attached to an aromatic ring is 1. The Kier molecular flexibility index (Phi) is 2.82. The number of nitrogens with zero attached hydrogens (tertiary/aromatic N) is 1. The van der Waals surface area contributed by atoms with Gasteiger partial charge in [-0.15, -0.1) is 0 Å². The van der Waals surface area contributed by atoms with E-state index in [-0.39, 0.29) is 11.6 Å². The number of hydrogen-bond donors (Lipinski definition) is 2. The molecule has 0 bridgehead atoms. The number of rotatable bonds is 2. The smallest absolute Gasteiger partial charge is 0.358 e. The Bertz CT molecular complexity index is 606. The molecule has 0 unspecified atom stereocenters. The van der Waals surface area contributed by atoms with Gasteiger partial charge >= 0.3 is 5.97 Å². The Hall–Kier alpha value is -2.30. The molecule has 5 nitrogen and oxygen atoms in total. The first kappa shape index (κ1) is 12.2. The number of nitrogens with two attached hydrogens (primary N) is 1. The van der Waals surface area contributed by atoms with Crippen LogP contribution in [-0.2, 0) is 0 Å². The van der Waals surface area contributed by atoms with Gasteiger partial charge in [-0.3, -0.25) is 0 Å². The fourth-order valence-electron chi connectivity index (χ4n) is 2.26. The van der Waals surface area contributed by atoms with Crippen LogP contribution in [0.15, 0.2) is 16.7 Å². The van der Waals surface area contributed by atoms with Gasteiger partial charge in [0.05, 0.1) is 5.56 Å². The van der Waals surface area contributed by atoms with Crippen molar-refractivity contribution in [1.29, 1.82) is 0 Å². The first-order valence-electron chi connectivity index (χ1n) is 5.48. The molecular formula is C13H14N2O3. The van der Waals surface area contributed by atoms with Crippen LogP contribution in [0.5, 0.6) is 0 Å². The Morgan fingerprint density at radius 3 is 2.28 bits per heavy atom. The van der Waals surface area contributed by atoms with E-state index in [1.54, 1.807) is 0 Å². The van der Waals surface area contributed by atoms with E-state index in [0.29, 0.717) is 5.56 Å². The minimum Gasteiger partial charge on any atom is -0.476 e. The summed E-state index contributed by atoms with van der Waals surface area (Å²) in [5, 5.41) is 12.6. The van der Waals surface area contributed by atoms with Crippen molar-refractivity contribution in [1.82, 2.24) is 5.16 Å². The molecule has 5 heteroatoms. The Morgan fingerprint density at radius 2 is 1.78 bits per heavy atom. The number of aryl methyl sites for hydroxylation is 3. The third kappa shape index (κ3) is 1.84. The van der Waals surface area contributed by atoms with Crippen LogP contribution in [0.3, 0.4) is 0 Å². The molecule has 1 aromatic heterocycles. The average Bonchev–Trinajstić information content (AvgIpc) is 2.59. The van der Waals surface area contributed by atoms with Crippen LogP contribution in [0.2, 0.25) is 0 Å². The highest BCUT2D eigenvalue weighted by molar-refractivity contribution is 5.98. The summed E-state index contributed by atoms with van der Waals surface area (Å²) in [6.07, 6.45) is 0. The van der Waals surface area contributed by atoms with Crippen molar-refractivity contribution in [2.45, 2.75) is 20.8 Å². The highest BCUT2D eigenvalue weighted by Gasteiger charge is 2.23. The second-order valence-corrected chi connectivity index (χ2v) is 4.35. The van der Waals surface area contributed by atoms with Crippen LogP contribution in [-0.4, -0.2) is 16.2 Å². The Balaban J connectivity index is 2.77. The van der Waals surface area contributed by atoms with Gasteiger partial charge in [0.2, 0.25) is 11.6 Å². The van der Waals surface area contributed by atoms with Crippen molar-refractivity contribution >= 4 is 11.9 Å². The van der Waals surface area contributed by atoms with E-state index in [4.69, 9.17) is 15.4 Å². The van der Waals surface area contributed by atoms with Crippen molar-refractivity contribution < 1.29 is 14.4 Å². The van der Waals surface area contributed by atoms with Crippen molar-refractivity contribution in [3.05, 3.63) is 34.5 Å². The molecule has 0 saturated heterocycles. The molecule has 0 amide bonds. The summed E-state index contributed by atoms with van der Waals surface area (Å²) in [5.41, 5.74) is 9.69. The molecule has 1 heterocycles. The lowest BCUT2D eigenvalue weighted by Crippen LogP contribution is -2.02. The minimum atomic E-state index is -1.15. The second kappa shape index (κ2) is 4.18. The van der Waals surface area contributed by atoms with Gasteiger partial charge in [0.25, 0.3) is 0 Å². The molecule has 0 saturated carbocycles. The molecule has 0 radical (unpaired) electrons. The Morgan fingerprint density at radius 1 is 1.22 bits per heavy atom. The van der Waals surface area contributed by atoms with Gasteiger partial charge in [-0.2, -0.15) is 0 Å². The molecule has 18 heavy (non-hydrogen) atoms. The van der Waals surface area contributed by atoms with Gasteiger partial charge < -0.3 is 15.4 Å². The van der Waals surface area contributed by atoms with Crippen LogP contribution in [0.4, 0.5) is 5.88 Å². The van der Waals surface area contributed by atoms with Crippen LogP contribution >= 0.6 is 0 Å². The molecule has 0 aliphatic rings. The van der Waals surface area contributed by atoms with Gasteiger partial charge in [0.1, 0.15) is 0 Å². The third-order valence-electron chi connectivity index (χ3n) is 2.85. The second-order valence-electron chi connectivity index (χ2n) is 4.35. The number of benzene rings is 1. The highest BCUT2D eigenvalue weighted by atomic mass is 16.5. The number of carboxylic acids is 1. The SMILES string of the molecule is Cc1cc(C)c(-c2c(C(=O)O)noc2N)c(C)c1. The molecule has 0 aliphatic heterocycles. The maximum atomic E-state index is 11.1. The first-order chi connectivity index (χ1) is 8.41. The van der Waals surface area contributed by atoms with Gasteiger partial charge in [0.15, 0.2) is 0 Å². The van der Waals surface area contributed by atoms with Crippen LogP contribution < -0.4 is 5.73 Å². The summed E-state index contributed by atoms with van der Waals surface area (Å²) in [7, 11) is 0. The molecular weight excluding hydrogens is 232 g/mol. The highest BCUT2D eigenvalue weighted by Crippen LogP contribution is 2.35.